The Morgan fingerprint density at radius 1 is 1.32 bits per heavy atom. The number of aromatic nitrogens is 6. The molecule has 128 valence electrons. The van der Waals surface area contributed by atoms with E-state index in [2.05, 4.69) is 40.3 Å². The molecule has 1 aliphatic heterocycles. The number of nitrogens with one attached hydrogen (secondary N) is 3. The van der Waals surface area contributed by atoms with Gasteiger partial charge in [-0.3, -0.25) is 9.59 Å². The fraction of sp³-hybridized carbons (Fsp3) is 0.333. The maximum Gasteiger partial charge on any atom is 0.271 e. The second kappa shape index (κ2) is 6.30. The van der Waals surface area contributed by atoms with E-state index in [9.17, 15) is 9.59 Å². The summed E-state index contributed by atoms with van der Waals surface area (Å²) in [6.07, 6.45) is 5.05. The molecule has 25 heavy (non-hydrogen) atoms. The van der Waals surface area contributed by atoms with Gasteiger partial charge in [-0.2, -0.15) is 5.10 Å². The molecule has 10 nitrogen and oxygen atoms in total. The van der Waals surface area contributed by atoms with Crippen LogP contribution in [-0.4, -0.2) is 55.2 Å². The van der Waals surface area contributed by atoms with Gasteiger partial charge in [0.05, 0.1) is 6.33 Å². The Balaban J connectivity index is 1.48. The third kappa shape index (κ3) is 2.93. The monoisotopic (exact) mass is 340 g/mol. The van der Waals surface area contributed by atoms with E-state index >= 15 is 0 Å². The lowest BCUT2D eigenvalue weighted by atomic mass is 10.2. The predicted molar refractivity (Wildman–Crippen MR) is 89.2 cm³/mol. The number of imidazole rings is 1. The lowest BCUT2D eigenvalue weighted by Crippen LogP contribution is -2.41. The van der Waals surface area contributed by atoms with Gasteiger partial charge in [0, 0.05) is 25.2 Å². The number of amides is 1. The first-order valence-electron chi connectivity index (χ1n) is 7.97. The minimum Gasteiger partial charge on any atom is -0.350 e. The van der Waals surface area contributed by atoms with E-state index in [0.717, 1.165) is 30.7 Å². The highest BCUT2D eigenvalue weighted by molar-refractivity contribution is 5.92. The van der Waals surface area contributed by atoms with Gasteiger partial charge in [-0.15, -0.1) is 0 Å². The maximum absolute atomic E-state index is 12.2. The molecule has 0 aliphatic carbocycles. The van der Waals surface area contributed by atoms with E-state index in [0.29, 0.717) is 12.2 Å². The number of nitrogens with zero attached hydrogens (tertiary/aromatic N) is 5. The number of H-pyrrole nitrogens is 2. The van der Waals surface area contributed by atoms with Crippen molar-refractivity contribution in [2.24, 2.45) is 0 Å². The Morgan fingerprint density at radius 2 is 2.24 bits per heavy atom. The molecule has 1 atom stereocenters. The van der Waals surface area contributed by atoms with E-state index in [1.165, 1.54) is 18.5 Å². The number of hydrogen-bond acceptors (Lipinski definition) is 7. The summed E-state index contributed by atoms with van der Waals surface area (Å²) in [5.74, 6) is 0.471. The van der Waals surface area contributed by atoms with Crippen molar-refractivity contribution in [3.63, 3.8) is 0 Å². The lowest BCUT2D eigenvalue weighted by molar-refractivity contribution is 0.0945. The number of carbonyl (C=O) groups is 1. The molecule has 4 heterocycles. The van der Waals surface area contributed by atoms with Gasteiger partial charge in [0.1, 0.15) is 17.5 Å². The number of hydrogen-bond donors (Lipinski definition) is 3. The van der Waals surface area contributed by atoms with Crippen molar-refractivity contribution in [2.45, 2.75) is 18.9 Å². The van der Waals surface area contributed by atoms with Crippen LogP contribution in [0.15, 0.2) is 29.6 Å². The van der Waals surface area contributed by atoms with Crippen LogP contribution in [-0.2, 0) is 0 Å². The SMILES string of the molecule is O=C(NCC1CCCN1c1ncnc2nc[nH]c12)c1ccc(=O)[nH]n1. The summed E-state index contributed by atoms with van der Waals surface area (Å²) in [7, 11) is 0. The largest absolute Gasteiger partial charge is 0.350 e. The molecule has 0 aromatic carbocycles. The van der Waals surface area contributed by atoms with Gasteiger partial charge >= 0.3 is 0 Å². The number of aromatic amines is 2. The first-order valence-corrected chi connectivity index (χ1v) is 7.97. The van der Waals surface area contributed by atoms with Crippen LogP contribution in [0.25, 0.3) is 11.2 Å². The molecule has 1 unspecified atom stereocenters. The minimum absolute atomic E-state index is 0.119. The molecular weight excluding hydrogens is 324 g/mol. The molecule has 1 fully saturated rings. The van der Waals surface area contributed by atoms with Gasteiger partial charge < -0.3 is 15.2 Å². The first-order chi connectivity index (χ1) is 12.2. The van der Waals surface area contributed by atoms with Crippen LogP contribution in [0.2, 0.25) is 0 Å². The lowest BCUT2D eigenvalue weighted by Gasteiger charge is -2.26. The van der Waals surface area contributed by atoms with Crippen LogP contribution in [0.5, 0.6) is 0 Å². The van der Waals surface area contributed by atoms with Gasteiger partial charge in [-0.25, -0.2) is 20.1 Å². The van der Waals surface area contributed by atoms with Gasteiger partial charge in [0.15, 0.2) is 11.5 Å². The van der Waals surface area contributed by atoms with Crippen molar-refractivity contribution in [3.05, 3.63) is 40.8 Å². The molecule has 0 saturated carbocycles. The molecule has 0 spiro atoms. The molecule has 1 saturated heterocycles. The first kappa shape index (κ1) is 15.2. The van der Waals surface area contributed by atoms with E-state index in [1.807, 2.05) is 0 Å². The van der Waals surface area contributed by atoms with Crippen molar-refractivity contribution in [1.29, 1.82) is 0 Å². The van der Waals surface area contributed by atoms with Gasteiger partial charge in [-0.1, -0.05) is 0 Å². The fourth-order valence-electron chi connectivity index (χ4n) is 3.07. The number of carbonyl (C=O) groups excluding carboxylic acids is 1. The quantitative estimate of drug-likeness (QED) is 0.601. The van der Waals surface area contributed by atoms with Crippen molar-refractivity contribution >= 4 is 22.9 Å². The average Bonchev–Trinajstić information content (AvgIpc) is 3.29. The van der Waals surface area contributed by atoms with Crippen molar-refractivity contribution in [3.8, 4) is 0 Å². The summed E-state index contributed by atoms with van der Waals surface area (Å²) in [6.45, 7) is 1.31. The molecule has 3 N–H and O–H groups in total. The molecule has 4 rings (SSSR count). The zero-order valence-electron chi connectivity index (χ0n) is 13.3. The Bertz CT molecular complexity index is 945. The Labute approximate surface area is 141 Å². The zero-order valence-corrected chi connectivity index (χ0v) is 13.3. The van der Waals surface area contributed by atoms with Crippen LogP contribution < -0.4 is 15.8 Å². The highest BCUT2D eigenvalue weighted by Crippen LogP contribution is 2.27. The van der Waals surface area contributed by atoms with Crippen molar-refractivity contribution < 1.29 is 4.79 Å². The summed E-state index contributed by atoms with van der Waals surface area (Å²) >= 11 is 0. The highest BCUT2D eigenvalue weighted by atomic mass is 16.2. The van der Waals surface area contributed by atoms with Crippen molar-refractivity contribution in [2.75, 3.05) is 18.0 Å². The van der Waals surface area contributed by atoms with Crippen molar-refractivity contribution in [1.82, 2.24) is 35.5 Å². The summed E-state index contributed by atoms with van der Waals surface area (Å²) in [5.41, 5.74) is 1.26. The molecule has 1 aliphatic rings. The normalized spacial score (nSPS) is 17.1. The zero-order chi connectivity index (χ0) is 17.2. The molecule has 3 aromatic heterocycles. The average molecular weight is 340 g/mol. The summed E-state index contributed by atoms with van der Waals surface area (Å²) < 4.78 is 0. The number of anilines is 1. The Hall–Kier alpha value is -3.30. The predicted octanol–water partition coefficient (Wildman–Crippen LogP) is -0.165. The molecule has 3 aromatic rings. The van der Waals surface area contributed by atoms with Gasteiger partial charge in [0.2, 0.25) is 0 Å². The van der Waals surface area contributed by atoms with Gasteiger partial charge in [-0.05, 0) is 18.9 Å². The fourth-order valence-corrected chi connectivity index (χ4v) is 3.07. The molecule has 10 heteroatoms. The number of rotatable bonds is 4. The smallest absolute Gasteiger partial charge is 0.271 e. The van der Waals surface area contributed by atoms with Gasteiger partial charge in [0.25, 0.3) is 11.5 Å². The number of fused-ring (bicyclic) bond motifs is 1. The topological polar surface area (TPSA) is 133 Å². The van der Waals surface area contributed by atoms with Crippen LogP contribution in [0, 0.1) is 0 Å². The highest BCUT2D eigenvalue weighted by Gasteiger charge is 2.28. The van der Waals surface area contributed by atoms with E-state index in [4.69, 9.17) is 0 Å². The standard InChI is InChI=1S/C15H16N8O2/c24-11-4-3-10(21-22-11)15(25)16-6-9-2-1-5-23(9)14-12-13(18-7-17-12)19-8-20-14/h3-4,7-9H,1-2,5-6H2,(H,16,25)(H,22,24)(H,17,18,19,20). The van der Waals surface area contributed by atoms with Crippen LogP contribution in [0.1, 0.15) is 23.3 Å². The molecule has 0 bridgehead atoms. The second-order valence-corrected chi connectivity index (χ2v) is 5.80. The molecule has 1 amide bonds. The van der Waals surface area contributed by atoms with Crippen LogP contribution in [0.4, 0.5) is 5.82 Å². The third-order valence-electron chi connectivity index (χ3n) is 4.26. The summed E-state index contributed by atoms with van der Waals surface area (Å²) in [6, 6.07) is 2.80. The summed E-state index contributed by atoms with van der Waals surface area (Å²) in [4.78, 5) is 41.1. The minimum atomic E-state index is -0.342. The van der Waals surface area contributed by atoms with E-state index in [1.54, 1.807) is 6.33 Å². The Morgan fingerprint density at radius 3 is 3.08 bits per heavy atom. The second-order valence-electron chi connectivity index (χ2n) is 5.80. The molecule has 0 radical (unpaired) electrons. The van der Waals surface area contributed by atoms with Crippen LogP contribution >= 0.6 is 0 Å². The van der Waals surface area contributed by atoms with E-state index < -0.39 is 0 Å². The Kier molecular flexibility index (Phi) is 3.84. The maximum atomic E-state index is 12.2. The third-order valence-corrected chi connectivity index (χ3v) is 4.26. The van der Waals surface area contributed by atoms with E-state index in [-0.39, 0.29) is 23.2 Å². The van der Waals surface area contributed by atoms with Crippen LogP contribution in [0.3, 0.4) is 0 Å². The molecular formula is C15H16N8O2. The summed E-state index contributed by atoms with van der Waals surface area (Å²) in [5, 5.41) is 8.86.